The molecule has 94 valence electrons. The van der Waals surface area contributed by atoms with Crippen molar-refractivity contribution in [2.45, 2.75) is 25.3 Å². The van der Waals surface area contributed by atoms with E-state index < -0.39 is 0 Å². The normalized spacial score (nSPS) is 18.4. The lowest BCUT2D eigenvalue weighted by atomic mass is 9.94. The summed E-state index contributed by atoms with van der Waals surface area (Å²) in [5.74, 6) is 0. The predicted molar refractivity (Wildman–Crippen MR) is 77.9 cm³/mol. The Morgan fingerprint density at radius 3 is 3.11 bits per heavy atom. The SMILES string of the molecule is Clc1cc2c(s1)CCCC2Nc1cccnc1Cl. The average molecular weight is 299 g/mol. The highest BCUT2D eigenvalue weighted by atomic mass is 35.5. The second-order valence-corrected chi connectivity index (χ2v) is 6.49. The second-order valence-electron chi connectivity index (χ2n) is 4.36. The van der Waals surface area contributed by atoms with Crippen molar-refractivity contribution in [1.82, 2.24) is 4.98 Å². The number of rotatable bonds is 2. The number of aromatic nitrogens is 1. The number of nitrogens with one attached hydrogen (secondary N) is 1. The lowest BCUT2D eigenvalue weighted by Crippen LogP contribution is -2.15. The van der Waals surface area contributed by atoms with Gasteiger partial charge in [-0.2, -0.15) is 0 Å². The van der Waals surface area contributed by atoms with Crippen molar-refractivity contribution in [2.75, 3.05) is 5.32 Å². The lowest BCUT2D eigenvalue weighted by molar-refractivity contribution is 0.608. The first-order valence-electron chi connectivity index (χ1n) is 5.89. The van der Waals surface area contributed by atoms with Crippen LogP contribution in [0.4, 0.5) is 5.69 Å². The van der Waals surface area contributed by atoms with E-state index >= 15 is 0 Å². The van der Waals surface area contributed by atoms with Gasteiger partial charge in [0.2, 0.25) is 0 Å². The van der Waals surface area contributed by atoms with Gasteiger partial charge in [-0.1, -0.05) is 23.2 Å². The minimum absolute atomic E-state index is 0.291. The Labute approximate surface area is 120 Å². The zero-order valence-corrected chi connectivity index (χ0v) is 11.9. The number of halogens is 2. The topological polar surface area (TPSA) is 24.9 Å². The molecule has 18 heavy (non-hydrogen) atoms. The largest absolute Gasteiger partial charge is 0.376 e. The average Bonchev–Trinajstić information content (AvgIpc) is 2.73. The van der Waals surface area contributed by atoms with E-state index in [1.54, 1.807) is 17.5 Å². The van der Waals surface area contributed by atoms with Crippen LogP contribution in [0, 0.1) is 0 Å². The summed E-state index contributed by atoms with van der Waals surface area (Å²) in [6, 6.07) is 6.21. The summed E-state index contributed by atoms with van der Waals surface area (Å²) >= 11 is 13.9. The Bertz CT molecular complexity index is 568. The first-order chi connectivity index (χ1) is 8.74. The Morgan fingerprint density at radius 2 is 2.28 bits per heavy atom. The summed E-state index contributed by atoms with van der Waals surface area (Å²) in [5.41, 5.74) is 2.20. The fourth-order valence-corrected chi connectivity index (χ4v) is 3.91. The molecule has 0 saturated heterocycles. The monoisotopic (exact) mass is 298 g/mol. The van der Waals surface area contributed by atoms with E-state index in [2.05, 4.69) is 16.4 Å². The van der Waals surface area contributed by atoms with Gasteiger partial charge in [0.25, 0.3) is 0 Å². The smallest absolute Gasteiger partial charge is 0.152 e. The molecule has 1 atom stereocenters. The maximum absolute atomic E-state index is 6.10. The molecule has 2 aromatic rings. The molecule has 0 fully saturated rings. The maximum atomic E-state index is 6.10. The van der Waals surface area contributed by atoms with Gasteiger partial charge in [0.1, 0.15) is 0 Å². The van der Waals surface area contributed by atoms with E-state index in [0.29, 0.717) is 11.2 Å². The fraction of sp³-hybridized carbons (Fsp3) is 0.308. The Morgan fingerprint density at radius 1 is 1.39 bits per heavy atom. The van der Waals surface area contributed by atoms with Crippen LogP contribution in [0.3, 0.4) is 0 Å². The van der Waals surface area contributed by atoms with Crippen molar-refractivity contribution in [3.05, 3.63) is 44.3 Å². The predicted octanol–water partition coefficient (Wildman–Crippen LogP) is 4.94. The van der Waals surface area contributed by atoms with Crippen LogP contribution in [-0.4, -0.2) is 4.98 Å². The highest BCUT2D eigenvalue weighted by molar-refractivity contribution is 7.16. The first-order valence-corrected chi connectivity index (χ1v) is 7.46. The molecule has 2 heterocycles. The van der Waals surface area contributed by atoms with Crippen molar-refractivity contribution in [3.8, 4) is 0 Å². The van der Waals surface area contributed by atoms with Crippen LogP contribution in [0.25, 0.3) is 0 Å². The third kappa shape index (κ3) is 2.35. The van der Waals surface area contributed by atoms with Gasteiger partial charge in [0, 0.05) is 11.1 Å². The van der Waals surface area contributed by atoms with Gasteiger partial charge >= 0.3 is 0 Å². The molecular weight excluding hydrogens is 287 g/mol. The molecule has 0 aromatic carbocycles. The van der Waals surface area contributed by atoms with Crippen molar-refractivity contribution >= 4 is 40.2 Å². The van der Waals surface area contributed by atoms with Crippen LogP contribution in [0.5, 0.6) is 0 Å². The van der Waals surface area contributed by atoms with Gasteiger partial charge in [0.05, 0.1) is 16.1 Å². The van der Waals surface area contributed by atoms with E-state index in [1.807, 2.05) is 12.1 Å². The minimum Gasteiger partial charge on any atom is -0.376 e. The summed E-state index contributed by atoms with van der Waals surface area (Å²) in [4.78, 5) is 5.48. The van der Waals surface area contributed by atoms with Crippen LogP contribution < -0.4 is 5.32 Å². The Hall–Kier alpha value is -0.770. The standard InChI is InChI=1S/C13H12Cl2N2S/c14-12-7-8-9(3-1-5-11(8)18-12)17-10-4-2-6-16-13(10)15/h2,4,6-7,9,17H,1,3,5H2. The Balaban J connectivity index is 1.88. The van der Waals surface area contributed by atoms with Gasteiger partial charge in [-0.25, -0.2) is 4.98 Å². The summed E-state index contributed by atoms with van der Waals surface area (Å²) in [7, 11) is 0. The van der Waals surface area contributed by atoms with E-state index in [1.165, 1.54) is 16.9 Å². The molecule has 0 amide bonds. The van der Waals surface area contributed by atoms with Crippen molar-refractivity contribution in [3.63, 3.8) is 0 Å². The maximum Gasteiger partial charge on any atom is 0.152 e. The van der Waals surface area contributed by atoms with E-state index in [9.17, 15) is 0 Å². The van der Waals surface area contributed by atoms with Crippen LogP contribution in [0.15, 0.2) is 24.4 Å². The third-order valence-electron chi connectivity index (χ3n) is 3.17. The zero-order chi connectivity index (χ0) is 12.5. The summed E-state index contributed by atoms with van der Waals surface area (Å²) in [5, 5.41) is 3.99. The molecule has 0 spiro atoms. The van der Waals surface area contributed by atoms with E-state index in [0.717, 1.165) is 22.9 Å². The summed E-state index contributed by atoms with van der Waals surface area (Å²) in [6.07, 6.45) is 5.11. The number of aryl methyl sites for hydroxylation is 1. The molecule has 2 aromatic heterocycles. The van der Waals surface area contributed by atoms with Gasteiger partial charge in [-0.3, -0.25) is 0 Å². The van der Waals surface area contributed by atoms with Gasteiger partial charge in [-0.15, -0.1) is 11.3 Å². The van der Waals surface area contributed by atoms with Gasteiger partial charge in [0.15, 0.2) is 5.15 Å². The summed E-state index contributed by atoms with van der Waals surface area (Å²) < 4.78 is 0.867. The highest BCUT2D eigenvalue weighted by Gasteiger charge is 2.23. The first kappa shape index (κ1) is 12.3. The molecule has 0 bridgehead atoms. The molecule has 1 unspecified atom stereocenters. The third-order valence-corrected chi connectivity index (χ3v) is 4.81. The number of anilines is 1. The molecule has 1 aliphatic carbocycles. The minimum atomic E-state index is 0.291. The van der Waals surface area contributed by atoms with Crippen LogP contribution in [0.1, 0.15) is 29.3 Å². The van der Waals surface area contributed by atoms with Crippen LogP contribution in [0.2, 0.25) is 9.49 Å². The quantitative estimate of drug-likeness (QED) is 0.794. The molecular formula is C13H12Cl2N2S. The Kier molecular flexibility index (Phi) is 3.46. The number of hydrogen-bond donors (Lipinski definition) is 1. The lowest BCUT2D eigenvalue weighted by Gasteiger charge is -2.24. The molecule has 2 nitrogen and oxygen atoms in total. The molecule has 0 aliphatic heterocycles. The van der Waals surface area contributed by atoms with Crippen LogP contribution >= 0.6 is 34.5 Å². The van der Waals surface area contributed by atoms with E-state index in [-0.39, 0.29) is 0 Å². The summed E-state index contributed by atoms with van der Waals surface area (Å²) in [6.45, 7) is 0. The molecule has 1 aliphatic rings. The van der Waals surface area contributed by atoms with Crippen LogP contribution in [-0.2, 0) is 6.42 Å². The number of thiophene rings is 1. The zero-order valence-electron chi connectivity index (χ0n) is 9.62. The van der Waals surface area contributed by atoms with Crippen molar-refractivity contribution in [1.29, 1.82) is 0 Å². The van der Waals surface area contributed by atoms with E-state index in [4.69, 9.17) is 23.2 Å². The molecule has 1 N–H and O–H groups in total. The number of pyridine rings is 1. The number of hydrogen-bond acceptors (Lipinski definition) is 3. The van der Waals surface area contributed by atoms with Gasteiger partial charge < -0.3 is 5.32 Å². The van der Waals surface area contributed by atoms with Crippen molar-refractivity contribution < 1.29 is 0 Å². The molecule has 5 heteroatoms. The van der Waals surface area contributed by atoms with Gasteiger partial charge in [-0.05, 0) is 43.0 Å². The second kappa shape index (κ2) is 5.08. The van der Waals surface area contributed by atoms with Crippen molar-refractivity contribution in [2.24, 2.45) is 0 Å². The molecule has 0 radical (unpaired) electrons. The number of nitrogens with zero attached hydrogens (tertiary/aromatic N) is 1. The number of fused-ring (bicyclic) bond motifs is 1. The highest BCUT2D eigenvalue weighted by Crippen LogP contribution is 2.39. The molecule has 3 rings (SSSR count). The fourth-order valence-electron chi connectivity index (χ4n) is 2.35. The molecule has 0 saturated carbocycles.